The van der Waals surface area contributed by atoms with Crippen LogP contribution in [0.1, 0.15) is 35.1 Å². The summed E-state index contributed by atoms with van der Waals surface area (Å²) in [6.45, 7) is 4.81. The Morgan fingerprint density at radius 3 is 2.92 bits per heavy atom. The van der Waals surface area contributed by atoms with E-state index in [2.05, 4.69) is 26.3 Å². The van der Waals surface area contributed by atoms with Crippen molar-refractivity contribution in [3.63, 3.8) is 0 Å². The average molecular weight is 510 g/mol. The van der Waals surface area contributed by atoms with Gasteiger partial charge in [0.15, 0.2) is 6.19 Å². The molecule has 4 aromatic rings. The van der Waals surface area contributed by atoms with Gasteiger partial charge in [0.1, 0.15) is 18.2 Å². The lowest BCUT2D eigenvalue weighted by Gasteiger charge is -2.28. The van der Waals surface area contributed by atoms with Crippen molar-refractivity contribution < 1.29 is 13.9 Å². The second kappa shape index (κ2) is 10.7. The Labute approximate surface area is 220 Å². The van der Waals surface area contributed by atoms with Crippen molar-refractivity contribution in [2.75, 3.05) is 31.6 Å². The number of anilines is 1. The van der Waals surface area contributed by atoms with Crippen LogP contribution in [0.25, 0.3) is 22.7 Å². The van der Waals surface area contributed by atoms with Crippen LogP contribution in [0, 0.1) is 17.3 Å². The minimum absolute atomic E-state index is 0.328. The fourth-order valence-electron chi connectivity index (χ4n) is 5.38. The van der Waals surface area contributed by atoms with Gasteiger partial charge in [-0.1, -0.05) is 30.3 Å². The van der Waals surface area contributed by atoms with E-state index in [1.165, 1.54) is 38.1 Å². The number of rotatable bonds is 2. The summed E-state index contributed by atoms with van der Waals surface area (Å²) in [5, 5.41) is 11.3. The van der Waals surface area contributed by atoms with Crippen molar-refractivity contribution >= 4 is 28.6 Å². The Bertz CT molecular complexity index is 1530. The van der Waals surface area contributed by atoms with Gasteiger partial charge in [-0.2, -0.15) is 5.26 Å². The smallest absolute Gasteiger partial charge is 0.214 e. The van der Waals surface area contributed by atoms with Gasteiger partial charge in [0.25, 0.3) is 0 Å². The molecule has 3 aromatic carbocycles. The third-order valence-electron chi connectivity index (χ3n) is 7.25. The van der Waals surface area contributed by atoms with Gasteiger partial charge in [-0.3, -0.25) is 10.2 Å². The number of hydrogen-bond acceptors (Lipinski definition) is 6. The monoisotopic (exact) mass is 509 g/mol. The van der Waals surface area contributed by atoms with Crippen LogP contribution >= 0.6 is 0 Å². The maximum atomic E-state index is 13.8. The fourth-order valence-corrected chi connectivity index (χ4v) is 5.38. The van der Waals surface area contributed by atoms with Gasteiger partial charge in [0, 0.05) is 24.2 Å². The largest absolute Gasteiger partial charge is 0.488 e. The van der Waals surface area contributed by atoms with E-state index in [0.717, 1.165) is 58.1 Å². The molecule has 8 heteroatoms. The maximum Gasteiger partial charge on any atom is 0.214 e. The molecular weight excluding hydrogens is 481 g/mol. The number of nitrogens with one attached hydrogen (secondary N) is 2. The Balaban J connectivity index is 0.000000246. The van der Waals surface area contributed by atoms with Gasteiger partial charge in [0.2, 0.25) is 5.95 Å². The Morgan fingerprint density at radius 2 is 2.03 bits per heavy atom. The molecule has 7 nitrogen and oxygen atoms in total. The van der Waals surface area contributed by atoms with Crippen molar-refractivity contribution in [2.45, 2.75) is 25.5 Å². The van der Waals surface area contributed by atoms with Crippen LogP contribution in [0.2, 0.25) is 0 Å². The van der Waals surface area contributed by atoms with Crippen molar-refractivity contribution in [3.05, 3.63) is 88.7 Å². The van der Waals surface area contributed by atoms with E-state index in [-0.39, 0.29) is 5.82 Å². The van der Waals surface area contributed by atoms with Crippen molar-refractivity contribution in [3.8, 4) is 11.9 Å². The molecule has 38 heavy (non-hydrogen) atoms. The zero-order valence-corrected chi connectivity index (χ0v) is 20.9. The number of ether oxygens (including phenoxy) is 2. The number of nitrogens with zero attached hydrogens (tertiary/aromatic N) is 3. The quantitative estimate of drug-likeness (QED) is 0.272. The van der Waals surface area contributed by atoms with Crippen LogP contribution in [0.4, 0.5) is 10.3 Å². The Hall–Kier alpha value is -4.19. The summed E-state index contributed by atoms with van der Waals surface area (Å²) in [6, 6.07) is 19.2. The molecule has 0 saturated carbocycles. The number of morpholine rings is 1. The number of halogens is 1. The molecule has 2 saturated heterocycles. The van der Waals surface area contributed by atoms with Crippen molar-refractivity contribution in [2.24, 2.45) is 0 Å². The summed E-state index contributed by atoms with van der Waals surface area (Å²) in [4.78, 5) is 9.94. The van der Waals surface area contributed by atoms with Crippen LogP contribution in [-0.4, -0.2) is 47.2 Å². The Kier molecular flexibility index (Phi) is 6.78. The first kappa shape index (κ1) is 24.2. The molecule has 0 aliphatic carbocycles. The summed E-state index contributed by atoms with van der Waals surface area (Å²) >= 11 is 0. The molecule has 0 spiro atoms. The highest BCUT2D eigenvalue weighted by atomic mass is 19.1. The number of hydrogen-bond donors (Lipinski definition) is 2. The molecule has 2 N–H and O–H groups in total. The molecule has 0 radical (unpaired) electrons. The number of aromatic amines is 1. The van der Waals surface area contributed by atoms with E-state index in [0.29, 0.717) is 18.3 Å². The predicted molar refractivity (Wildman–Crippen MR) is 145 cm³/mol. The number of benzene rings is 3. The molecular formula is C30H28FN5O2. The van der Waals surface area contributed by atoms with Gasteiger partial charge >= 0.3 is 0 Å². The van der Waals surface area contributed by atoms with E-state index in [1.54, 1.807) is 6.07 Å². The first-order valence-electron chi connectivity index (χ1n) is 12.9. The summed E-state index contributed by atoms with van der Waals surface area (Å²) in [6.07, 6.45) is 6.66. The highest BCUT2D eigenvalue weighted by Gasteiger charge is 2.26. The topological polar surface area (TPSA) is 86.2 Å². The van der Waals surface area contributed by atoms with Crippen LogP contribution in [0.5, 0.6) is 5.75 Å². The van der Waals surface area contributed by atoms with E-state index >= 15 is 0 Å². The number of H-pyrrole nitrogens is 1. The molecule has 3 aliphatic rings. The summed E-state index contributed by atoms with van der Waals surface area (Å²) in [5.74, 6) is 0.599. The number of imidazole rings is 1. The van der Waals surface area contributed by atoms with Crippen LogP contribution < -0.4 is 10.1 Å². The third-order valence-corrected chi connectivity index (χ3v) is 7.25. The Morgan fingerprint density at radius 1 is 1.11 bits per heavy atom. The molecule has 1 aromatic heterocycles. The summed E-state index contributed by atoms with van der Waals surface area (Å²) < 4.78 is 25.0. The number of aromatic nitrogens is 2. The standard InChI is InChI=1S/C23H15FN4O.C7H13NO/c24-16-6-7-18-19(17-4-2-1-3-15(17)12-29-22(18)11-16)9-14-5-8-20-21(10-14)28-23(27-20)26-13-25;1-2-7-6-9-5-4-8(7)3-1/h1-11H,12H2,(H2,26,27,28);7H,1-6H2/b19-9+;. The van der Waals surface area contributed by atoms with Gasteiger partial charge in [-0.05, 0) is 72.0 Å². The highest BCUT2D eigenvalue weighted by molar-refractivity contribution is 5.96. The number of fused-ring (bicyclic) bond motifs is 4. The predicted octanol–water partition coefficient (Wildman–Crippen LogP) is 5.56. The lowest BCUT2D eigenvalue weighted by Crippen LogP contribution is -2.40. The lowest BCUT2D eigenvalue weighted by atomic mass is 9.92. The lowest BCUT2D eigenvalue weighted by molar-refractivity contribution is 0.0129. The van der Waals surface area contributed by atoms with Gasteiger partial charge in [-0.25, -0.2) is 9.37 Å². The first-order valence-corrected chi connectivity index (χ1v) is 12.9. The van der Waals surface area contributed by atoms with E-state index in [9.17, 15) is 4.39 Å². The summed E-state index contributed by atoms with van der Waals surface area (Å²) in [7, 11) is 0. The van der Waals surface area contributed by atoms with Crippen molar-refractivity contribution in [1.29, 1.82) is 5.26 Å². The minimum Gasteiger partial charge on any atom is -0.488 e. The second-order valence-corrected chi connectivity index (χ2v) is 9.65. The fraction of sp³-hybridized carbons (Fsp3) is 0.267. The molecule has 4 heterocycles. The minimum atomic E-state index is -0.328. The molecule has 0 bridgehead atoms. The molecule has 3 aliphatic heterocycles. The summed E-state index contributed by atoms with van der Waals surface area (Å²) in [5.41, 5.74) is 6.42. The molecule has 1 atom stereocenters. The molecule has 1 unspecified atom stereocenters. The van der Waals surface area contributed by atoms with Crippen LogP contribution in [-0.2, 0) is 11.3 Å². The van der Waals surface area contributed by atoms with Gasteiger partial charge in [0.05, 0.1) is 24.2 Å². The molecule has 2 fully saturated rings. The SMILES string of the molecule is C1CC2COCCN2C1.N#CNc1nc2ccc(/C=C3\c4ccccc4COc4cc(F)ccc43)cc2[nH]1. The van der Waals surface area contributed by atoms with E-state index in [4.69, 9.17) is 14.7 Å². The third kappa shape index (κ3) is 4.99. The van der Waals surface area contributed by atoms with E-state index in [1.807, 2.05) is 48.7 Å². The van der Waals surface area contributed by atoms with Gasteiger partial charge in [-0.15, -0.1) is 0 Å². The average Bonchev–Trinajstić information content (AvgIpc) is 3.55. The normalized spacial score (nSPS) is 19.3. The molecule has 192 valence electrons. The van der Waals surface area contributed by atoms with Gasteiger partial charge < -0.3 is 14.5 Å². The highest BCUT2D eigenvalue weighted by Crippen LogP contribution is 2.38. The van der Waals surface area contributed by atoms with Crippen molar-refractivity contribution in [1.82, 2.24) is 14.9 Å². The zero-order chi connectivity index (χ0) is 25.9. The molecule has 0 amide bonds. The maximum absolute atomic E-state index is 13.8. The van der Waals surface area contributed by atoms with Crippen LogP contribution in [0.3, 0.4) is 0 Å². The first-order chi connectivity index (χ1) is 18.7. The second-order valence-electron chi connectivity index (χ2n) is 9.65. The van der Waals surface area contributed by atoms with Crippen LogP contribution in [0.15, 0.2) is 60.7 Å². The van der Waals surface area contributed by atoms with E-state index < -0.39 is 0 Å². The molecule has 7 rings (SSSR count). The number of nitriles is 1. The zero-order valence-electron chi connectivity index (χ0n) is 20.9.